The highest BCUT2D eigenvalue weighted by atomic mass is 35.5. The molecule has 0 bridgehead atoms. The maximum absolute atomic E-state index is 10.7. The minimum absolute atomic E-state index is 0.0000460. The predicted molar refractivity (Wildman–Crippen MR) is 78.9 cm³/mol. The number of halogens is 1. The third-order valence-corrected chi connectivity index (χ3v) is 3.59. The number of aromatic nitrogens is 1. The number of nitrogens with two attached hydrogens (primary N) is 1. The number of hydrogen-bond acceptors (Lipinski definition) is 3. The highest BCUT2D eigenvalue weighted by Gasteiger charge is 2.10. The van der Waals surface area contributed by atoms with E-state index in [0.29, 0.717) is 11.6 Å². The van der Waals surface area contributed by atoms with Gasteiger partial charge in [-0.3, -0.25) is 10.1 Å². The summed E-state index contributed by atoms with van der Waals surface area (Å²) < 4.78 is 1.97. The Hall–Kier alpha value is -1.85. The predicted octanol–water partition coefficient (Wildman–Crippen LogP) is 3.51. The van der Waals surface area contributed by atoms with Crippen molar-refractivity contribution in [3.05, 3.63) is 62.9 Å². The molecule has 0 aliphatic rings. The van der Waals surface area contributed by atoms with E-state index >= 15 is 0 Å². The second-order valence-electron chi connectivity index (χ2n) is 4.66. The van der Waals surface area contributed by atoms with Crippen molar-refractivity contribution >= 4 is 17.3 Å². The van der Waals surface area contributed by atoms with E-state index < -0.39 is 4.92 Å². The molecule has 0 fully saturated rings. The van der Waals surface area contributed by atoms with Crippen LogP contribution in [-0.4, -0.2) is 9.49 Å². The fourth-order valence-electron chi connectivity index (χ4n) is 1.99. The summed E-state index contributed by atoms with van der Waals surface area (Å²) in [6, 6.07) is 6.53. The third-order valence-electron chi connectivity index (χ3n) is 3.24. The molecule has 0 aliphatic carbocycles. The number of hydrogen-bond donors (Lipinski definition) is 1. The van der Waals surface area contributed by atoms with E-state index in [1.54, 1.807) is 6.07 Å². The molecule has 0 saturated carbocycles. The molecule has 1 heterocycles. The first-order valence-corrected chi connectivity index (χ1v) is 6.73. The summed E-state index contributed by atoms with van der Waals surface area (Å²) in [6.45, 7) is 2.60. The summed E-state index contributed by atoms with van der Waals surface area (Å²) in [6.07, 6.45) is 4.79. The quantitative estimate of drug-likeness (QED) is 0.677. The van der Waals surface area contributed by atoms with Gasteiger partial charge >= 0.3 is 0 Å². The Kier molecular flexibility index (Phi) is 4.42. The van der Waals surface area contributed by atoms with Crippen molar-refractivity contribution < 1.29 is 4.92 Å². The molecule has 106 valence electrons. The molecule has 0 radical (unpaired) electrons. The standard InChI is InChI=1S/C14H16ClN3O2/c1-2-14(16)11-5-6-17(9-11)8-10-3-4-12(18(19)20)7-13(10)15/h3-7,9,14H,2,8,16H2,1H3. The van der Waals surface area contributed by atoms with Gasteiger partial charge in [0.1, 0.15) is 0 Å². The second-order valence-corrected chi connectivity index (χ2v) is 5.07. The van der Waals surface area contributed by atoms with Crippen molar-refractivity contribution in [3.8, 4) is 0 Å². The van der Waals surface area contributed by atoms with Gasteiger partial charge in [-0.2, -0.15) is 0 Å². The fraction of sp³-hybridized carbons (Fsp3) is 0.286. The number of nitro groups is 1. The average Bonchev–Trinajstić information content (AvgIpc) is 2.88. The number of non-ortho nitro benzene ring substituents is 1. The Morgan fingerprint density at radius 1 is 1.45 bits per heavy atom. The molecule has 0 amide bonds. The molecule has 0 spiro atoms. The molecule has 1 aromatic carbocycles. The minimum Gasteiger partial charge on any atom is -0.350 e. The van der Waals surface area contributed by atoms with Gasteiger partial charge in [-0.25, -0.2) is 0 Å². The topological polar surface area (TPSA) is 74.1 Å². The summed E-state index contributed by atoms with van der Waals surface area (Å²) in [5.74, 6) is 0. The average molecular weight is 294 g/mol. The van der Waals surface area contributed by atoms with E-state index in [9.17, 15) is 10.1 Å². The second kappa shape index (κ2) is 6.07. The molecule has 2 aromatic rings. The smallest absolute Gasteiger partial charge is 0.270 e. The van der Waals surface area contributed by atoms with Gasteiger partial charge < -0.3 is 10.3 Å². The Morgan fingerprint density at radius 2 is 2.20 bits per heavy atom. The zero-order valence-corrected chi connectivity index (χ0v) is 11.9. The van der Waals surface area contributed by atoms with E-state index in [-0.39, 0.29) is 11.7 Å². The van der Waals surface area contributed by atoms with Crippen LogP contribution in [0.5, 0.6) is 0 Å². The van der Waals surface area contributed by atoms with Crippen molar-refractivity contribution in [2.45, 2.75) is 25.9 Å². The largest absolute Gasteiger partial charge is 0.350 e. The summed E-state index contributed by atoms with van der Waals surface area (Å²) in [5, 5.41) is 11.1. The Balaban J connectivity index is 2.18. The van der Waals surface area contributed by atoms with Gasteiger partial charge in [0.05, 0.1) is 9.95 Å². The molecule has 1 aromatic heterocycles. The molecule has 1 unspecified atom stereocenters. The van der Waals surface area contributed by atoms with Crippen LogP contribution < -0.4 is 5.73 Å². The lowest BCUT2D eigenvalue weighted by molar-refractivity contribution is -0.384. The molecular weight excluding hydrogens is 278 g/mol. The molecule has 2 N–H and O–H groups in total. The molecule has 5 nitrogen and oxygen atoms in total. The lowest BCUT2D eigenvalue weighted by Crippen LogP contribution is -2.07. The van der Waals surface area contributed by atoms with E-state index in [2.05, 4.69) is 0 Å². The van der Waals surface area contributed by atoms with E-state index in [4.69, 9.17) is 17.3 Å². The summed E-state index contributed by atoms with van der Waals surface area (Å²) in [5.41, 5.74) is 7.88. The van der Waals surface area contributed by atoms with Gasteiger partial charge in [0, 0.05) is 37.1 Å². The van der Waals surface area contributed by atoms with Crippen molar-refractivity contribution in [2.24, 2.45) is 5.73 Å². The molecular formula is C14H16ClN3O2. The SMILES string of the molecule is CCC(N)c1ccn(Cc2ccc([N+](=O)[O-])cc2Cl)c1. The lowest BCUT2D eigenvalue weighted by Gasteiger charge is -2.07. The maximum atomic E-state index is 10.7. The van der Waals surface area contributed by atoms with Crippen LogP contribution in [0.1, 0.15) is 30.5 Å². The normalized spacial score (nSPS) is 12.3. The van der Waals surface area contributed by atoms with E-state index in [1.807, 2.05) is 30.0 Å². The first-order valence-electron chi connectivity index (χ1n) is 6.35. The molecule has 20 heavy (non-hydrogen) atoms. The number of benzene rings is 1. The number of rotatable bonds is 5. The molecule has 0 aliphatic heterocycles. The monoisotopic (exact) mass is 293 g/mol. The molecule has 1 atom stereocenters. The Bertz CT molecular complexity index is 625. The summed E-state index contributed by atoms with van der Waals surface area (Å²) in [7, 11) is 0. The van der Waals surface area contributed by atoms with Gasteiger partial charge in [-0.15, -0.1) is 0 Å². The van der Waals surface area contributed by atoms with Crippen molar-refractivity contribution in [3.63, 3.8) is 0 Å². The van der Waals surface area contributed by atoms with Crippen LogP contribution >= 0.6 is 11.6 Å². The molecule has 0 saturated heterocycles. The van der Waals surface area contributed by atoms with Crippen LogP contribution in [0, 0.1) is 10.1 Å². The Morgan fingerprint density at radius 3 is 2.80 bits per heavy atom. The zero-order chi connectivity index (χ0) is 14.7. The van der Waals surface area contributed by atoms with Crippen LogP contribution in [0.2, 0.25) is 5.02 Å². The number of nitrogens with zero attached hydrogens (tertiary/aromatic N) is 2. The van der Waals surface area contributed by atoms with Crippen LogP contribution in [0.25, 0.3) is 0 Å². The molecule has 2 rings (SSSR count). The highest BCUT2D eigenvalue weighted by molar-refractivity contribution is 6.31. The maximum Gasteiger partial charge on any atom is 0.270 e. The third kappa shape index (κ3) is 3.18. The van der Waals surface area contributed by atoms with Crippen molar-refractivity contribution in [2.75, 3.05) is 0 Å². The molecule has 6 heteroatoms. The first kappa shape index (κ1) is 14.6. The fourth-order valence-corrected chi connectivity index (χ4v) is 2.22. The van der Waals surface area contributed by atoms with Crippen LogP contribution in [0.15, 0.2) is 36.7 Å². The summed E-state index contributed by atoms with van der Waals surface area (Å²) in [4.78, 5) is 10.2. The van der Waals surface area contributed by atoms with Gasteiger partial charge in [0.15, 0.2) is 0 Å². The zero-order valence-electron chi connectivity index (χ0n) is 11.1. The van der Waals surface area contributed by atoms with Gasteiger partial charge in [0.2, 0.25) is 0 Å². The van der Waals surface area contributed by atoms with Gasteiger partial charge in [0.25, 0.3) is 5.69 Å². The first-order chi connectivity index (χ1) is 9.51. The number of nitro benzene ring substituents is 1. The van der Waals surface area contributed by atoms with E-state index in [0.717, 1.165) is 17.5 Å². The van der Waals surface area contributed by atoms with Crippen LogP contribution in [-0.2, 0) is 6.54 Å². The highest BCUT2D eigenvalue weighted by Crippen LogP contribution is 2.24. The van der Waals surface area contributed by atoms with E-state index in [1.165, 1.54) is 12.1 Å². The van der Waals surface area contributed by atoms with Crippen molar-refractivity contribution in [1.82, 2.24) is 4.57 Å². The van der Waals surface area contributed by atoms with Crippen LogP contribution in [0.3, 0.4) is 0 Å². The minimum atomic E-state index is -0.455. The van der Waals surface area contributed by atoms with Gasteiger partial charge in [-0.1, -0.05) is 18.5 Å². The Labute approximate surface area is 122 Å². The summed E-state index contributed by atoms with van der Waals surface area (Å²) >= 11 is 6.08. The van der Waals surface area contributed by atoms with Crippen molar-refractivity contribution in [1.29, 1.82) is 0 Å². The van der Waals surface area contributed by atoms with Crippen LogP contribution in [0.4, 0.5) is 5.69 Å². The van der Waals surface area contributed by atoms with Gasteiger partial charge in [-0.05, 0) is 29.7 Å². The lowest BCUT2D eigenvalue weighted by atomic mass is 10.1.